The van der Waals surface area contributed by atoms with Crippen molar-refractivity contribution in [2.45, 2.75) is 43.7 Å². The lowest BCUT2D eigenvalue weighted by atomic mass is 9.89. The number of nitrogens with zero attached hydrogens (tertiary/aromatic N) is 1. The number of hydrogen-bond donors (Lipinski definition) is 0. The number of benzene rings is 1. The molecule has 4 heteroatoms. The van der Waals surface area contributed by atoms with Crippen molar-refractivity contribution < 1.29 is 9.53 Å². The van der Waals surface area contributed by atoms with Crippen LogP contribution in [-0.4, -0.2) is 36.1 Å². The van der Waals surface area contributed by atoms with E-state index >= 15 is 0 Å². The van der Waals surface area contributed by atoms with Gasteiger partial charge in [0.25, 0.3) is 5.91 Å². The maximum Gasteiger partial charge on any atom is 0.254 e. The lowest BCUT2D eigenvalue weighted by molar-refractivity contribution is -0.0752. The van der Waals surface area contributed by atoms with Gasteiger partial charge in [0.2, 0.25) is 0 Å². The Balaban J connectivity index is 1.77. The highest BCUT2D eigenvalue weighted by molar-refractivity contribution is 6.17. The Kier molecular flexibility index (Phi) is 4.27. The van der Waals surface area contributed by atoms with E-state index in [9.17, 15) is 4.79 Å². The molecule has 0 spiro atoms. The van der Waals surface area contributed by atoms with Crippen molar-refractivity contribution in [1.29, 1.82) is 0 Å². The molecule has 1 saturated carbocycles. The molecule has 1 aliphatic heterocycles. The molecular formula is C16H20ClNO2. The average molecular weight is 294 g/mol. The minimum absolute atomic E-state index is 0.131. The molecule has 1 aromatic rings. The summed E-state index contributed by atoms with van der Waals surface area (Å²) in [7, 11) is 0. The van der Waals surface area contributed by atoms with Crippen molar-refractivity contribution in [1.82, 2.24) is 4.90 Å². The lowest BCUT2D eigenvalue weighted by Gasteiger charge is -2.43. The van der Waals surface area contributed by atoms with Crippen LogP contribution in [0.4, 0.5) is 0 Å². The normalized spacial score (nSPS) is 26.1. The third-order valence-electron chi connectivity index (χ3n) is 4.35. The Hall–Kier alpha value is -1.06. The van der Waals surface area contributed by atoms with Crippen LogP contribution in [0.25, 0.3) is 0 Å². The van der Waals surface area contributed by atoms with Crippen LogP contribution >= 0.6 is 11.6 Å². The van der Waals surface area contributed by atoms with Gasteiger partial charge in [0.15, 0.2) is 0 Å². The van der Waals surface area contributed by atoms with Crippen LogP contribution < -0.4 is 0 Å². The second-order valence-electron chi connectivity index (χ2n) is 5.59. The molecule has 20 heavy (non-hydrogen) atoms. The maximum atomic E-state index is 12.7. The highest BCUT2D eigenvalue weighted by atomic mass is 35.5. The zero-order valence-corrected chi connectivity index (χ0v) is 12.3. The fourth-order valence-electron chi connectivity index (χ4n) is 3.25. The van der Waals surface area contributed by atoms with E-state index in [1.807, 2.05) is 29.2 Å². The van der Waals surface area contributed by atoms with Crippen LogP contribution in [0.2, 0.25) is 0 Å². The Bertz CT molecular complexity index is 472. The first-order valence-corrected chi connectivity index (χ1v) is 7.90. The van der Waals surface area contributed by atoms with Gasteiger partial charge in [-0.3, -0.25) is 4.79 Å². The van der Waals surface area contributed by atoms with E-state index in [1.165, 1.54) is 12.8 Å². The van der Waals surface area contributed by atoms with Crippen LogP contribution in [-0.2, 0) is 10.6 Å². The highest BCUT2D eigenvalue weighted by Crippen LogP contribution is 2.29. The van der Waals surface area contributed by atoms with Crippen molar-refractivity contribution in [3.63, 3.8) is 0 Å². The molecule has 1 amide bonds. The summed E-state index contributed by atoms with van der Waals surface area (Å²) in [6.45, 7) is 1.37. The van der Waals surface area contributed by atoms with E-state index < -0.39 is 0 Å². The molecule has 0 aromatic heterocycles. The van der Waals surface area contributed by atoms with Crippen LogP contribution in [0, 0.1) is 0 Å². The van der Waals surface area contributed by atoms with Crippen molar-refractivity contribution in [3.05, 3.63) is 35.4 Å². The summed E-state index contributed by atoms with van der Waals surface area (Å²) < 4.78 is 5.82. The molecule has 1 aromatic carbocycles. The van der Waals surface area contributed by atoms with E-state index in [-0.39, 0.29) is 18.1 Å². The predicted octanol–water partition coefficient (Wildman–Crippen LogP) is 3.21. The Morgan fingerprint density at radius 3 is 2.75 bits per heavy atom. The standard InChI is InChI=1S/C16H20ClNO2/c17-11-12-5-7-13(8-6-12)16(19)18-9-10-20-15-4-2-1-3-14(15)18/h5-8,14-15H,1-4,9-11H2. The largest absolute Gasteiger partial charge is 0.374 e. The van der Waals surface area contributed by atoms with Gasteiger partial charge in [-0.2, -0.15) is 0 Å². The van der Waals surface area contributed by atoms with Gasteiger partial charge in [-0.05, 0) is 30.5 Å². The maximum absolute atomic E-state index is 12.7. The van der Waals surface area contributed by atoms with Crippen molar-refractivity contribution in [3.8, 4) is 0 Å². The van der Waals surface area contributed by atoms with Gasteiger partial charge in [0, 0.05) is 18.0 Å². The fourth-order valence-corrected chi connectivity index (χ4v) is 3.43. The SMILES string of the molecule is O=C(c1ccc(CCl)cc1)N1CCOC2CCCCC21. The van der Waals surface area contributed by atoms with Gasteiger partial charge in [0.05, 0.1) is 18.8 Å². The zero-order valence-electron chi connectivity index (χ0n) is 11.6. The second kappa shape index (κ2) is 6.15. The Labute approximate surface area is 124 Å². The second-order valence-corrected chi connectivity index (χ2v) is 5.86. The summed E-state index contributed by atoms with van der Waals surface area (Å²) in [6.07, 6.45) is 4.80. The molecule has 0 radical (unpaired) electrons. The van der Waals surface area contributed by atoms with Gasteiger partial charge < -0.3 is 9.64 Å². The molecule has 2 aliphatic rings. The molecule has 3 nitrogen and oxygen atoms in total. The number of fused-ring (bicyclic) bond motifs is 1. The van der Waals surface area contributed by atoms with Gasteiger partial charge in [0.1, 0.15) is 0 Å². The number of amides is 1. The van der Waals surface area contributed by atoms with E-state index in [1.54, 1.807) is 0 Å². The smallest absolute Gasteiger partial charge is 0.254 e. The van der Waals surface area contributed by atoms with Gasteiger partial charge in [-0.1, -0.05) is 25.0 Å². The lowest BCUT2D eigenvalue weighted by Crippen LogP contribution is -2.54. The van der Waals surface area contributed by atoms with E-state index in [4.69, 9.17) is 16.3 Å². The highest BCUT2D eigenvalue weighted by Gasteiger charge is 2.36. The molecule has 108 valence electrons. The fraction of sp³-hybridized carbons (Fsp3) is 0.562. The summed E-state index contributed by atoms with van der Waals surface area (Å²) in [5.74, 6) is 0.614. The molecule has 1 aliphatic carbocycles. The summed E-state index contributed by atoms with van der Waals surface area (Å²) in [5.41, 5.74) is 1.80. The third kappa shape index (κ3) is 2.70. The molecule has 3 rings (SSSR count). The quantitative estimate of drug-likeness (QED) is 0.784. The Morgan fingerprint density at radius 2 is 2.00 bits per heavy atom. The number of carbonyl (C=O) groups is 1. The minimum atomic E-state index is 0.131. The van der Waals surface area contributed by atoms with Gasteiger partial charge in [-0.25, -0.2) is 0 Å². The molecule has 0 N–H and O–H groups in total. The molecular weight excluding hydrogens is 274 g/mol. The van der Waals surface area contributed by atoms with Crippen LogP contribution in [0.3, 0.4) is 0 Å². The number of rotatable bonds is 2. The van der Waals surface area contributed by atoms with Crippen molar-refractivity contribution in [2.75, 3.05) is 13.2 Å². The molecule has 2 atom stereocenters. The van der Waals surface area contributed by atoms with Gasteiger partial charge >= 0.3 is 0 Å². The molecule has 2 fully saturated rings. The Morgan fingerprint density at radius 1 is 1.25 bits per heavy atom. The molecule has 2 unspecified atom stereocenters. The predicted molar refractivity (Wildman–Crippen MR) is 79.0 cm³/mol. The first kappa shape index (κ1) is 13.9. The van der Waals surface area contributed by atoms with Gasteiger partial charge in [-0.15, -0.1) is 11.6 Å². The number of carbonyl (C=O) groups excluding carboxylic acids is 1. The summed E-state index contributed by atoms with van der Waals surface area (Å²) in [6, 6.07) is 7.89. The molecule has 1 saturated heterocycles. The number of hydrogen-bond acceptors (Lipinski definition) is 2. The first-order chi connectivity index (χ1) is 9.79. The van der Waals surface area contributed by atoms with Crippen LogP contribution in [0.1, 0.15) is 41.6 Å². The van der Waals surface area contributed by atoms with Crippen LogP contribution in [0.5, 0.6) is 0 Å². The number of halogens is 1. The average Bonchev–Trinajstić information content (AvgIpc) is 2.54. The van der Waals surface area contributed by atoms with E-state index in [0.29, 0.717) is 19.0 Å². The third-order valence-corrected chi connectivity index (χ3v) is 4.66. The summed E-state index contributed by atoms with van der Waals surface area (Å²) >= 11 is 5.79. The van der Waals surface area contributed by atoms with Crippen molar-refractivity contribution >= 4 is 17.5 Å². The zero-order chi connectivity index (χ0) is 13.9. The number of alkyl halides is 1. The molecule has 1 heterocycles. The topological polar surface area (TPSA) is 29.5 Å². The monoisotopic (exact) mass is 293 g/mol. The number of morpholine rings is 1. The number of ether oxygens (including phenoxy) is 1. The van der Waals surface area contributed by atoms with E-state index in [0.717, 1.165) is 24.0 Å². The summed E-state index contributed by atoms with van der Waals surface area (Å²) in [4.78, 5) is 14.7. The van der Waals surface area contributed by atoms with E-state index in [2.05, 4.69) is 0 Å². The van der Waals surface area contributed by atoms with Crippen molar-refractivity contribution in [2.24, 2.45) is 0 Å². The molecule has 0 bridgehead atoms. The summed E-state index contributed by atoms with van der Waals surface area (Å²) in [5, 5.41) is 0. The van der Waals surface area contributed by atoms with Crippen LogP contribution in [0.15, 0.2) is 24.3 Å². The minimum Gasteiger partial charge on any atom is -0.374 e. The first-order valence-electron chi connectivity index (χ1n) is 7.37.